The van der Waals surface area contributed by atoms with Crippen LogP contribution in [0.15, 0.2) is 23.8 Å². The molecule has 0 aromatic carbocycles. The number of aliphatic hydroxyl groups is 7. The Hall–Kier alpha value is -1.45. The number of carbonyl (C=O) groups excluding carboxylic acids is 1. The molecule has 0 unspecified atom stereocenters. The van der Waals surface area contributed by atoms with E-state index in [0.717, 1.165) is 50.5 Å². The number of allylic oxidation sites excluding steroid dienone is 3. The number of carbonyl (C=O) groups is 1. The summed E-state index contributed by atoms with van der Waals surface area (Å²) in [6.45, 7) is 17.9. The van der Waals surface area contributed by atoms with Crippen LogP contribution in [-0.4, -0.2) is 116 Å². The highest BCUT2D eigenvalue weighted by Crippen LogP contribution is 2.76. The van der Waals surface area contributed by atoms with Gasteiger partial charge >= 0.3 is 5.97 Å². The van der Waals surface area contributed by atoms with E-state index in [2.05, 4.69) is 54.2 Å². The molecule has 12 nitrogen and oxygen atoms in total. The van der Waals surface area contributed by atoms with Crippen molar-refractivity contribution in [2.75, 3.05) is 13.2 Å². The third-order valence-electron chi connectivity index (χ3n) is 16.7. The highest BCUT2D eigenvalue weighted by molar-refractivity contribution is 5.80. The molecular formula is C41H64O12. The molecule has 2 heterocycles. The SMILES string of the molecule is C=C1[C@@H]2C3=CC[C@H]4[C@@]5(C)CC[C@H](O[C@@H]6OC[C@@H](O)[C@H](O)[C@H]6O)C(C)(C)[C@@H]5CC[C@@]4(C)[C@]3(C)CC[C@]2(C(=O)O[C@@H]2O[C@H](CO)[C@@H](O)[C@H](O)[C@H]2O)CC[C@H]1C. The number of rotatable bonds is 5. The lowest BCUT2D eigenvalue weighted by atomic mass is 9.33. The molecule has 7 rings (SSSR count). The van der Waals surface area contributed by atoms with Crippen LogP contribution in [0.3, 0.4) is 0 Å². The monoisotopic (exact) mass is 748 g/mol. The topological polar surface area (TPSA) is 196 Å². The lowest BCUT2D eigenvalue weighted by molar-refractivity contribution is -0.308. The number of hydrogen-bond donors (Lipinski definition) is 7. The van der Waals surface area contributed by atoms with Crippen molar-refractivity contribution in [2.45, 2.75) is 161 Å². The normalized spacial score (nSPS) is 53.7. The van der Waals surface area contributed by atoms with E-state index >= 15 is 0 Å². The molecule has 0 aromatic heterocycles. The van der Waals surface area contributed by atoms with Gasteiger partial charge in [0.25, 0.3) is 0 Å². The van der Waals surface area contributed by atoms with Gasteiger partial charge in [-0.15, -0.1) is 0 Å². The zero-order valence-electron chi connectivity index (χ0n) is 32.3. The maximum atomic E-state index is 14.5. The quantitative estimate of drug-likeness (QED) is 0.124. The maximum absolute atomic E-state index is 14.5. The number of esters is 1. The Morgan fingerprint density at radius 2 is 1.55 bits per heavy atom. The van der Waals surface area contributed by atoms with E-state index in [1.165, 1.54) is 5.57 Å². The fraction of sp³-hybridized carbons (Fsp3) is 0.878. The van der Waals surface area contributed by atoms with Crippen LogP contribution in [0, 0.1) is 50.7 Å². The lowest BCUT2D eigenvalue weighted by Crippen LogP contribution is -2.66. The van der Waals surface area contributed by atoms with E-state index in [0.29, 0.717) is 24.7 Å². The molecule has 12 heteroatoms. The molecule has 6 fully saturated rings. The average molecular weight is 749 g/mol. The van der Waals surface area contributed by atoms with Crippen molar-refractivity contribution in [1.82, 2.24) is 0 Å². The summed E-state index contributed by atoms with van der Waals surface area (Å²) in [5, 5.41) is 72.2. The summed E-state index contributed by atoms with van der Waals surface area (Å²) in [5.74, 6) is 0.117. The minimum absolute atomic E-state index is 0.0173. The molecule has 0 radical (unpaired) electrons. The van der Waals surface area contributed by atoms with Gasteiger partial charge in [0.05, 0.1) is 24.7 Å². The Morgan fingerprint density at radius 3 is 2.25 bits per heavy atom. The first-order chi connectivity index (χ1) is 24.8. The van der Waals surface area contributed by atoms with Gasteiger partial charge < -0.3 is 54.7 Å². The predicted octanol–water partition coefficient (Wildman–Crippen LogP) is 2.73. The zero-order chi connectivity index (χ0) is 38.6. The van der Waals surface area contributed by atoms with Gasteiger partial charge in [-0.2, -0.15) is 0 Å². The van der Waals surface area contributed by atoms with E-state index in [4.69, 9.17) is 18.9 Å². The van der Waals surface area contributed by atoms with Gasteiger partial charge in [-0.3, -0.25) is 4.79 Å². The van der Waals surface area contributed by atoms with Crippen molar-refractivity contribution >= 4 is 5.97 Å². The standard InChI is InChI=1S/C41H64O12/c1-20-10-15-41(36(49)53-35-33(48)31(46)30(45)24(18-42)51-35)17-16-39(6)22(28(41)21(20)2)8-9-26-38(5)13-12-27(37(3,4)25(38)11-14-40(26,39)7)52-34-32(47)29(44)23(43)19-50-34/h8,20,23-35,42-48H,2,9-19H2,1,3-7H3/t20-,23-,24-,25+,26+,27+,28-,29+,30-,31+,32-,33-,34+,35+,38+,39-,40-,41-/m1/s1. The second-order valence-corrected chi connectivity index (χ2v) is 19.2. The molecule has 300 valence electrons. The highest BCUT2D eigenvalue weighted by atomic mass is 16.7. The van der Waals surface area contributed by atoms with E-state index in [1.54, 1.807) is 0 Å². The van der Waals surface area contributed by atoms with Gasteiger partial charge in [-0.25, -0.2) is 0 Å². The van der Waals surface area contributed by atoms with Crippen LogP contribution < -0.4 is 0 Å². The third-order valence-corrected chi connectivity index (χ3v) is 16.7. The van der Waals surface area contributed by atoms with Gasteiger partial charge in [0.2, 0.25) is 6.29 Å². The van der Waals surface area contributed by atoms with Gasteiger partial charge in [-0.1, -0.05) is 65.3 Å². The lowest BCUT2D eigenvalue weighted by Gasteiger charge is -2.71. The van der Waals surface area contributed by atoms with Crippen molar-refractivity contribution in [3.63, 3.8) is 0 Å². The highest BCUT2D eigenvalue weighted by Gasteiger charge is 2.70. The van der Waals surface area contributed by atoms with Crippen LogP contribution in [-0.2, 0) is 23.7 Å². The van der Waals surface area contributed by atoms with Crippen LogP contribution in [0.1, 0.15) is 99.3 Å². The van der Waals surface area contributed by atoms with Crippen LogP contribution >= 0.6 is 0 Å². The Balaban J connectivity index is 1.17. The van der Waals surface area contributed by atoms with Crippen molar-refractivity contribution < 1.29 is 59.5 Å². The number of aliphatic hydroxyl groups excluding tert-OH is 7. The predicted molar refractivity (Wildman–Crippen MR) is 191 cm³/mol. The molecule has 2 saturated heterocycles. The largest absolute Gasteiger partial charge is 0.432 e. The first kappa shape index (κ1) is 39.8. The molecule has 0 bridgehead atoms. The van der Waals surface area contributed by atoms with Crippen LogP contribution in [0.2, 0.25) is 0 Å². The summed E-state index contributed by atoms with van der Waals surface area (Å²) in [4.78, 5) is 14.5. The first-order valence-electron chi connectivity index (χ1n) is 20.0. The third kappa shape index (κ3) is 5.70. The molecule has 0 spiro atoms. The Labute approximate surface area is 313 Å². The fourth-order valence-corrected chi connectivity index (χ4v) is 13.1. The van der Waals surface area contributed by atoms with Crippen molar-refractivity contribution in [2.24, 2.45) is 50.7 Å². The Bertz CT molecular complexity index is 1460. The van der Waals surface area contributed by atoms with Gasteiger partial charge in [0, 0.05) is 5.92 Å². The van der Waals surface area contributed by atoms with Crippen LogP contribution in [0.4, 0.5) is 0 Å². The van der Waals surface area contributed by atoms with Gasteiger partial charge in [0.15, 0.2) is 6.29 Å². The summed E-state index contributed by atoms with van der Waals surface area (Å²) in [7, 11) is 0. The van der Waals surface area contributed by atoms with E-state index in [-0.39, 0.29) is 46.2 Å². The fourth-order valence-electron chi connectivity index (χ4n) is 13.1. The molecule has 18 atom stereocenters. The molecule has 4 saturated carbocycles. The molecule has 7 aliphatic rings. The zero-order valence-corrected chi connectivity index (χ0v) is 32.3. The second kappa shape index (κ2) is 13.6. The number of ether oxygens (including phenoxy) is 4. The molecule has 0 aromatic rings. The molecule has 7 N–H and O–H groups in total. The smallest absolute Gasteiger partial charge is 0.315 e. The average Bonchev–Trinajstić information content (AvgIpc) is 3.11. The van der Waals surface area contributed by atoms with E-state index in [9.17, 15) is 40.5 Å². The van der Waals surface area contributed by atoms with Crippen LogP contribution in [0.5, 0.6) is 0 Å². The first-order valence-corrected chi connectivity index (χ1v) is 20.0. The molecular weight excluding hydrogens is 684 g/mol. The van der Waals surface area contributed by atoms with E-state index < -0.39 is 73.3 Å². The summed E-state index contributed by atoms with van der Waals surface area (Å²) < 4.78 is 23.7. The number of hydrogen-bond acceptors (Lipinski definition) is 12. The number of fused-ring (bicyclic) bond motifs is 7. The van der Waals surface area contributed by atoms with Gasteiger partial charge in [0.1, 0.15) is 42.7 Å². The van der Waals surface area contributed by atoms with Crippen molar-refractivity contribution in [1.29, 1.82) is 0 Å². The summed E-state index contributed by atoms with van der Waals surface area (Å²) >= 11 is 0. The summed E-state index contributed by atoms with van der Waals surface area (Å²) in [6.07, 6.45) is -2.90. The molecule has 53 heavy (non-hydrogen) atoms. The summed E-state index contributed by atoms with van der Waals surface area (Å²) in [6, 6.07) is 0. The van der Waals surface area contributed by atoms with Gasteiger partial charge in [-0.05, 0) is 97.2 Å². The second-order valence-electron chi connectivity index (χ2n) is 19.2. The molecule has 0 amide bonds. The molecule has 2 aliphatic heterocycles. The van der Waals surface area contributed by atoms with Crippen molar-refractivity contribution in [3.8, 4) is 0 Å². The Morgan fingerprint density at radius 1 is 0.849 bits per heavy atom. The van der Waals surface area contributed by atoms with Crippen molar-refractivity contribution in [3.05, 3.63) is 23.8 Å². The minimum atomic E-state index is -1.67. The molecule has 5 aliphatic carbocycles. The summed E-state index contributed by atoms with van der Waals surface area (Å²) in [5.41, 5.74) is 0.768. The van der Waals surface area contributed by atoms with Crippen LogP contribution in [0.25, 0.3) is 0 Å². The Kier molecular flexibility index (Phi) is 10.2. The minimum Gasteiger partial charge on any atom is -0.432 e. The van der Waals surface area contributed by atoms with E-state index in [1.807, 2.05) is 0 Å². The maximum Gasteiger partial charge on any atom is 0.315 e.